The van der Waals surface area contributed by atoms with Crippen molar-refractivity contribution < 1.29 is 5.11 Å². The van der Waals surface area contributed by atoms with Crippen LogP contribution in [0.3, 0.4) is 0 Å². The van der Waals surface area contributed by atoms with Gasteiger partial charge in [-0.3, -0.25) is 4.79 Å². The minimum atomic E-state index is -0.159. The first kappa shape index (κ1) is 13.5. The van der Waals surface area contributed by atoms with E-state index in [-0.39, 0.29) is 17.4 Å². The summed E-state index contributed by atoms with van der Waals surface area (Å²) < 4.78 is 0. The summed E-state index contributed by atoms with van der Waals surface area (Å²) in [6, 6.07) is 0. The largest absolute Gasteiger partial charge is 0.493 e. The fourth-order valence-corrected chi connectivity index (χ4v) is 3.04. The van der Waals surface area contributed by atoms with Gasteiger partial charge in [0.2, 0.25) is 5.88 Å². The molecule has 0 amide bonds. The monoisotopic (exact) mass is 268 g/mol. The third-order valence-electron chi connectivity index (χ3n) is 3.30. The summed E-state index contributed by atoms with van der Waals surface area (Å²) in [6.07, 6.45) is 4.24. The molecule has 1 heterocycles. The molecular weight excluding hydrogens is 248 g/mol. The molecule has 2 N–H and O–H groups in total. The second kappa shape index (κ2) is 5.78. The van der Waals surface area contributed by atoms with Gasteiger partial charge in [-0.2, -0.15) is 16.7 Å². The molecule has 1 saturated carbocycles. The maximum absolute atomic E-state index is 12.0. The van der Waals surface area contributed by atoms with Gasteiger partial charge in [0.15, 0.2) is 0 Å². The highest BCUT2D eigenvalue weighted by atomic mass is 32.2. The van der Waals surface area contributed by atoms with Crippen LogP contribution in [0.15, 0.2) is 4.79 Å². The molecule has 0 atom stereocenters. The molecule has 100 valence electrons. The van der Waals surface area contributed by atoms with Crippen LogP contribution in [0.4, 0.5) is 0 Å². The predicted octanol–water partition coefficient (Wildman–Crippen LogP) is 2.77. The zero-order valence-electron chi connectivity index (χ0n) is 10.9. The van der Waals surface area contributed by atoms with E-state index >= 15 is 0 Å². The Kier molecular flexibility index (Phi) is 4.32. The van der Waals surface area contributed by atoms with E-state index in [0.29, 0.717) is 22.4 Å². The zero-order valence-corrected chi connectivity index (χ0v) is 11.7. The van der Waals surface area contributed by atoms with Crippen molar-refractivity contribution in [3.63, 3.8) is 0 Å². The number of H-pyrrole nitrogens is 1. The van der Waals surface area contributed by atoms with Gasteiger partial charge in [-0.05, 0) is 24.0 Å². The Balaban J connectivity index is 2.21. The van der Waals surface area contributed by atoms with Gasteiger partial charge in [0, 0.05) is 0 Å². The lowest BCUT2D eigenvalue weighted by molar-refractivity contribution is 0.433. The van der Waals surface area contributed by atoms with E-state index in [9.17, 15) is 9.90 Å². The first-order valence-electron chi connectivity index (χ1n) is 6.51. The van der Waals surface area contributed by atoms with Gasteiger partial charge in [0.05, 0.1) is 11.3 Å². The number of aromatic nitrogens is 2. The van der Waals surface area contributed by atoms with E-state index in [1.165, 1.54) is 0 Å². The summed E-state index contributed by atoms with van der Waals surface area (Å²) in [5.74, 6) is 1.32. The molecular formula is C13H20N2O2S. The molecule has 0 radical (unpaired) electrons. The molecule has 0 bridgehead atoms. The van der Waals surface area contributed by atoms with Gasteiger partial charge >= 0.3 is 0 Å². The zero-order chi connectivity index (χ0) is 13.1. The van der Waals surface area contributed by atoms with Gasteiger partial charge in [-0.25, -0.2) is 0 Å². The van der Waals surface area contributed by atoms with Gasteiger partial charge in [-0.1, -0.05) is 26.7 Å². The van der Waals surface area contributed by atoms with Crippen LogP contribution >= 0.6 is 11.8 Å². The lowest BCUT2D eigenvalue weighted by atomic mass is 10.00. The van der Waals surface area contributed by atoms with Crippen molar-refractivity contribution in [1.29, 1.82) is 0 Å². The number of nitrogens with zero attached hydrogens (tertiary/aromatic N) is 1. The summed E-state index contributed by atoms with van der Waals surface area (Å²) >= 11 is 1.70. The number of aromatic amines is 1. The Morgan fingerprint density at radius 1 is 1.44 bits per heavy atom. The summed E-state index contributed by atoms with van der Waals surface area (Å²) in [4.78, 5) is 19.0. The molecule has 0 aromatic carbocycles. The molecule has 0 aliphatic heterocycles. The van der Waals surface area contributed by atoms with Crippen molar-refractivity contribution in [3.8, 4) is 5.88 Å². The molecule has 1 aliphatic rings. The number of hydrogen-bond donors (Lipinski definition) is 2. The van der Waals surface area contributed by atoms with E-state index in [1.807, 2.05) is 0 Å². The van der Waals surface area contributed by atoms with Crippen LogP contribution < -0.4 is 5.56 Å². The normalized spacial score (nSPS) is 16.6. The minimum Gasteiger partial charge on any atom is -0.493 e. The van der Waals surface area contributed by atoms with Crippen LogP contribution in [-0.2, 0) is 5.75 Å². The highest BCUT2D eigenvalue weighted by molar-refractivity contribution is 7.99. The van der Waals surface area contributed by atoms with Crippen molar-refractivity contribution in [2.75, 3.05) is 0 Å². The van der Waals surface area contributed by atoms with Gasteiger partial charge in [0.1, 0.15) is 5.82 Å². The molecule has 0 saturated heterocycles. The molecule has 4 nitrogen and oxygen atoms in total. The first-order valence-corrected chi connectivity index (χ1v) is 7.56. The van der Waals surface area contributed by atoms with Crippen LogP contribution in [0, 0.1) is 0 Å². The molecule has 1 aliphatic carbocycles. The highest BCUT2D eigenvalue weighted by Crippen LogP contribution is 2.35. The number of nitrogens with one attached hydrogen (secondary N) is 1. The lowest BCUT2D eigenvalue weighted by Gasteiger charge is -2.11. The van der Waals surface area contributed by atoms with E-state index in [4.69, 9.17) is 0 Å². The van der Waals surface area contributed by atoms with E-state index in [0.717, 1.165) is 25.7 Å². The molecule has 1 aromatic heterocycles. The van der Waals surface area contributed by atoms with E-state index in [1.54, 1.807) is 11.8 Å². The highest BCUT2D eigenvalue weighted by Gasteiger charge is 2.24. The molecule has 0 unspecified atom stereocenters. The van der Waals surface area contributed by atoms with Gasteiger partial charge < -0.3 is 10.1 Å². The molecule has 2 rings (SSSR count). The second-order valence-corrected chi connectivity index (χ2v) is 6.66. The third kappa shape index (κ3) is 3.07. The van der Waals surface area contributed by atoms with Gasteiger partial charge in [0.25, 0.3) is 5.56 Å². The van der Waals surface area contributed by atoms with E-state index in [2.05, 4.69) is 23.8 Å². The Morgan fingerprint density at radius 3 is 2.67 bits per heavy atom. The SMILES string of the molecule is CC(C)SCc1nc(O)c(C2CCCC2)c(=O)[nH]1. The maximum atomic E-state index is 12.0. The Bertz CT molecular complexity index is 465. The van der Waals surface area contributed by atoms with Gasteiger partial charge in [-0.15, -0.1) is 0 Å². The summed E-state index contributed by atoms with van der Waals surface area (Å²) in [5, 5.41) is 10.4. The maximum Gasteiger partial charge on any atom is 0.258 e. The van der Waals surface area contributed by atoms with E-state index < -0.39 is 0 Å². The average molecular weight is 268 g/mol. The summed E-state index contributed by atoms with van der Waals surface area (Å²) in [5.41, 5.74) is 0.333. The smallest absolute Gasteiger partial charge is 0.258 e. The lowest BCUT2D eigenvalue weighted by Crippen LogP contribution is -2.18. The summed E-state index contributed by atoms with van der Waals surface area (Å²) in [7, 11) is 0. The quantitative estimate of drug-likeness (QED) is 0.881. The van der Waals surface area contributed by atoms with Crippen LogP contribution in [0.1, 0.15) is 56.8 Å². The van der Waals surface area contributed by atoms with Crippen LogP contribution in [0.5, 0.6) is 5.88 Å². The first-order chi connectivity index (χ1) is 8.58. The Morgan fingerprint density at radius 2 is 2.11 bits per heavy atom. The summed E-state index contributed by atoms with van der Waals surface area (Å²) in [6.45, 7) is 4.19. The third-order valence-corrected chi connectivity index (χ3v) is 4.41. The van der Waals surface area contributed by atoms with Crippen molar-refractivity contribution >= 4 is 11.8 Å². The topological polar surface area (TPSA) is 66.0 Å². The fourth-order valence-electron chi connectivity index (χ4n) is 2.41. The van der Waals surface area contributed by atoms with Crippen LogP contribution in [0.2, 0.25) is 0 Å². The molecule has 1 aromatic rings. The number of thioether (sulfide) groups is 1. The van der Waals surface area contributed by atoms with Crippen molar-refractivity contribution in [2.24, 2.45) is 0 Å². The van der Waals surface area contributed by atoms with Crippen molar-refractivity contribution in [2.45, 2.75) is 56.5 Å². The predicted molar refractivity (Wildman–Crippen MR) is 74.2 cm³/mol. The Labute approximate surface area is 111 Å². The second-order valence-electron chi connectivity index (χ2n) is 5.09. The standard InChI is InChI=1S/C13H20N2O2S/c1-8(2)18-7-10-14-12(16)11(13(17)15-10)9-5-3-4-6-9/h8-9H,3-7H2,1-2H3,(H2,14,15,16,17). The van der Waals surface area contributed by atoms with Crippen molar-refractivity contribution in [3.05, 3.63) is 21.7 Å². The average Bonchev–Trinajstić information content (AvgIpc) is 2.79. The molecule has 5 heteroatoms. The molecule has 0 spiro atoms. The molecule has 1 fully saturated rings. The van der Waals surface area contributed by atoms with Crippen molar-refractivity contribution in [1.82, 2.24) is 9.97 Å². The van der Waals surface area contributed by atoms with Crippen LogP contribution in [-0.4, -0.2) is 20.3 Å². The number of aromatic hydroxyl groups is 1. The fraction of sp³-hybridized carbons (Fsp3) is 0.692. The minimum absolute atomic E-state index is 0.0648. The molecule has 18 heavy (non-hydrogen) atoms. The van der Waals surface area contributed by atoms with Crippen LogP contribution in [0.25, 0.3) is 0 Å². The number of hydrogen-bond acceptors (Lipinski definition) is 4. The Hall–Kier alpha value is -0.970. The number of rotatable bonds is 4.